The number of rotatable bonds is 2. The van der Waals surface area contributed by atoms with E-state index in [1.165, 1.54) is 0 Å². The predicted octanol–water partition coefficient (Wildman–Crippen LogP) is 2.40. The van der Waals surface area contributed by atoms with Crippen molar-refractivity contribution in [3.63, 3.8) is 0 Å². The number of nitrogens with zero attached hydrogens (tertiary/aromatic N) is 3. The van der Waals surface area contributed by atoms with Crippen LogP contribution in [0.15, 0.2) is 41.3 Å². The number of fused-ring (bicyclic) bond motifs is 2. The maximum absolute atomic E-state index is 12.9. The minimum absolute atomic E-state index is 0.114. The highest BCUT2D eigenvalue weighted by Crippen LogP contribution is 2.18. The van der Waals surface area contributed by atoms with Crippen LogP contribution in [0.25, 0.3) is 10.9 Å². The molecule has 0 unspecified atom stereocenters. The van der Waals surface area contributed by atoms with E-state index < -0.39 is 11.8 Å². The fraction of sp³-hybridized carbons (Fsp3) is 0.286. The van der Waals surface area contributed by atoms with Gasteiger partial charge in [-0.25, -0.2) is 9.97 Å². The fourth-order valence-corrected chi connectivity index (χ4v) is 3.46. The van der Waals surface area contributed by atoms with Crippen molar-refractivity contribution in [3.05, 3.63) is 58.3 Å². The third kappa shape index (κ3) is 4.01. The molecule has 1 aliphatic heterocycles. The van der Waals surface area contributed by atoms with Gasteiger partial charge in [-0.3, -0.25) is 19.0 Å². The predicted molar refractivity (Wildman–Crippen MR) is 110 cm³/mol. The molecule has 2 aromatic heterocycles. The van der Waals surface area contributed by atoms with Crippen LogP contribution >= 0.6 is 0 Å². The highest BCUT2D eigenvalue weighted by molar-refractivity contribution is 6.43. The topological polar surface area (TPSA) is 106 Å². The van der Waals surface area contributed by atoms with Crippen LogP contribution < -0.4 is 16.2 Å². The van der Waals surface area contributed by atoms with Gasteiger partial charge in [0.25, 0.3) is 5.56 Å². The van der Waals surface area contributed by atoms with Crippen LogP contribution in [0.5, 0.6) is 0 Å². The molecule has 0 aliphatic carbocycles. The van der Waals surface area contributed by atoms with Gasteiger partial charge in [0.05, 0.1) is 10.9 Å². The van der Waals surface area contributed by atoms with E-state index in [0.29, 0.717) is 29.0 Å². The Bertz CT molecular complexity index is 1170. The Morgan fingerprint density at radius 1 is 1.03 bits per heavy atom. The molecule has 148 valence electrons. The molecule has 0 radical (unpaired) electrons. The Hall–Kier alpha value is -3.55. The molecule has 1 aromatic carbocycles. The minimum atomic E-state index is -0.838. The molecular weight excluding hydrogens is 370 g/mol. The Kier molecular flexibility index (Phi) is 5.07. The van der Waals surface area contributed by atoms with Crippen molar-refractivity contribution in [2.45, 2.75) is 39.2 Å². The first-order valence-corrected chi connectivity index (χ1v) is 9.60. The number of aromatic nitrogens is 3. The first kappa shape index (κ1) is 18.8. The third-order valence-corrected chi connectivity index (χ3v) is 4.94. The molecule has 0 saturated heterocycles. The molecule has 3 aromatic rings. The second kappa shape index (κ2) is 7.83. The van der Waals surface area contributed by atoms with Crippen molar-refractivity contribution in [2.75, 3.05) is 10.6 Å². The summed E-state index contributed by atoms with van der Waals surface area (Å²) in [6, 6.07) is 8.35. The van der Waals surface area contributed by atoms with Crippen molar-refractivity contribution in [1.29, 1.82) is 0 Å². The minimum Gasteiger partial charge on any atom is -0.318 e. The number of anilines is 2. The van der Waals surface area contributed by atoms with E-state index in [-0.39, 0.29) is 5.56 Å². The zero-order chi connectivity index (χ0) is 20.4. The quantitative estimate of drug-likeness (QED) is 0.653. The van der Waals surface area contributed by atoms with Crippen LogP contribution in [0.4, 0.5) is 11.5 Å². The van der Waals surface area contributed by atoms with Crippen LogP contribution in [-0.2, 0) is 22.6 Å². The lowest BCUT2D eigenvalue weighted by Gasteiger charge is -2.11. The van der Waals surface area contributed by atoms with E-state index in [0.717, 1.165) is 37.1 Å². The number of pyridine rings is 1. The van der Waals surface area contributed by atoms with Crippen LogP contribution in [0.1, 0.15) is 30.7 Å². The molecule has 3 heterocycles. The SMILES string of the molecule is Cc1ccnc(NC(=O)C(=O)Nc2ccc3nc4n(c(=O)c3c2)CCCCC4)c1. The Morgan fingerprint density at radius 2 is 1.86 bits per heavy atom. The molecule has 0 saturated carbocycles. The highest BCUT2D eigenvalue weighted by atomic mass is 16.2. The number of hydrogen-bond acceptors (Lipinski definition) is 5. The van der Waals surface area contributed by atoms with Gasteiger partial charge in [0.2, 0.25) is 0 Å². The van der Waals surface area contributed by atoms with Crippen LogP contribution in [0, 0.1) is 6.92 Å². The summed E-state index contributed by atoms with van der Waals surface area (Å²) in [5.41, 5.74) is 1.76. The van der Waals surface area contributed by atoms with Gasteiger partial charge in [0, 0.05) is 24.8 Å². The Balaban J connectivity index is 1.56. The van der Waals surface area contributed by atoms with Gasteiger partial charge in [-0.05, 0) is 55.7 Å². The van der Waals surface area contributed by atoms with Gasteiger partial charge >= 0.3 is 11.8 Å². The van der Waals surface area contributed by atoms with E-state index in [1.54, 1.807) is 41.1 Å². The van der Waals surface area contributed by atoms with Crippen molar-refractivity contribution in [2.24, 2.45) is 0 Å². The van der Waals surface area contributed by atoms with Gasteiger partial charge in [-0.2, -0.15) is 0 Å². The molecule has 2 amide bonds. The molecule has 8 heteroatoms. The van der Waals surface area contributed by atoms with Crippen LogP contribution in [0.2, 0.25) is 0 Å². The molecule has 1 aliphatic rings. The number of amides is 2. The number of carbonyl (C=O) groups excluding carboxylic acids is 2. The fourth-order valence-electron chi connectivity index (χ4n) is 3.46. The zero-order valence-corrected chi connectivity index (χ0v) is 16.1. The lowest BCUT2D eigenvalue weighted by molar-refractivity contribution is -0.133. The molecular formula is C21H21N5O3. The summed E-state index contributed by atoms with van der Waals surface area (Å²) in [6.45, 7) is 2.51. The molecule has 8 nitrogen and oxygen atoms in total. The number of benzene rings is 1. The highest BCUT2D eigenvalue weighted by Gasteiger charge is 2.17. The van der Waals surface area contributed by atoms with Crippen molar-refractivity contribution < 1.29 is 9.59 Å². The van der Waals surface area contributed by atoms with E-state index in [1.807, 2.05) is 6.92 Å². The second-order valence-electron chi connectivity index (χ2n) is 7.15. The van der Waals surface area contributed by atoms with Gasteiger partial charge in [-0.1, -0.05) is 6.42 Å². The summed E-state index contributed by atoms with van der Waals surface area (Å²) >= 11 is 0. The van der Waals surface area contributed by atoms with E-state index in [2.05, 4.69) is 20.6 Å². The van der Waals surface area contributed by atoms with Crippen molar-refractivity contribution in [1.82, 2.24) is 14.5 Å². The van der Waals surface area contributed by atoms with Gasteiger partial charge < -0.3 is 10.6 Å². The summed E-state index contributed by atoms with van der Waals surface area (Å²) in [6.07, 6.45) is 5.39. The summed E-state index contributed by atoms with van der Waals surface area (Å²) in [7, 11) is 0. The maximum Gasteiger partial charge on any atom is 0.315 e. The monoisotopic (exact) mass is 391 g/mol. The van der Waals surface area contributed by atoms with Crippen molar-refractivity contribution in [3.8, 4) is 0 Å². The normalized spacial score (nSPS) is 13.4. The first-order valence-electron chi connectivity index (χ1n) is 9.60. The van der Waals surface area contributed by atoms with Gasteiger partial charge in [0.1, 0.15) is 11.6 Å². The molecule has 0 bridgehead atoms. The number of aryl methyl sites for hydroxylation is 2. The average Bonchev–Trinajstić information content (AvgIpc) is 2.94. The summed E-state index contributed by atoms with van der Waals surface area (Å²) in [5, 5.41) is 5.42. The lowest BCUT2D eigenvalue weighted by atomic mass is 10.2. The average molecular weight is 391 g/mol. The maximum atomic E-state index is 12.9. The Labute approximate surface area is 167 Å². The van der Waals surface area contributed by atoms with Crippen molar-refractivity contribution >= 4 is 34.2 Å². The Morgan fingerprint density at radius 3 is 2.69 bits per heavy atom. The molecule has 4 rings (SSSR count). The van der Waals surface area contributed by atoms with Crippen LogP contribution in [-0.4, -0.2) is 26.3 Å². The third-order valence-electron chi connectivity index (χ3n) is 4.94. The number of nitrogens with one attached hydrogen (secondary N) is 2. The zero-order valence-electron chi connectivity index (χ0n) is 16.1. The van der Waals surface area contributed by atoms with E-state index in [4.69, 9.17) is 0 Å². The van der Waals surface area contributed by atoms with Gasteiger partial charge in [-0.15, -0.1) is 0 Å². The van der Waals surface area contributed by atoms with E-state index >= 15 is 0 Å². The molecule has 0 spiro atoms. The lowest BCUT2D eigenvalue weighted by Crippen LogP contribution is -2.29. The van der Waals surface area contributed by atoms with Crippen LogP contribution in [0.3, 0.4) is 0 Å². The first-order chi connectivity index (χ1) is 14.0. The largest absolute Gasteiger partial charge is 0.318 e. The number of carbonyl (C=O) groups is 2. The standard InChI is InChI=1S/C21H21N5O3/c1-13-8-9-22-17(11-13)25-20(28)19(27)23-14-6-7-16-15(12-14)21(29)26-10-4-2-3-5-18(26)24-16/h6-9,11-12H,2-5,10H2,1H3,(H,23,27)(H,22,25,28). The molecule has 2 N–H and O–H groups in total. The second-order valence-corrected chi connectivity index (χ2v) is 7.15. The van der Waals surface area contributed by atoms with E-state index in [9.17, 15) is 14.4 Å². The number of hydrogen-bond donors (Lipinski definition) is 2. The molecule has 0 atom stereocenters. The smallest absolute Gasteiger partial charge is 0.315 e. The molecule has 29 heavy (non-hydrogen) atoms. The van der Waals surface area contributed by atoms with Gasteiger partial charge in [0.15, 0.2) is 0 Å². The molecule has 0 fully saturated rings. The summed E-state index contributed by atoms with van der Waals surface area (Å²) < 4.78 is 1.72. The summed E-state index contributed by atoms with van der Waals surface area (Å²) in [5.74, 6) is -0.564. The summed E-state index contributed by atoms with van der Waals surface area (Å²) in [4.78, 5) is 45.9.